The fourth-order valence-corrected chi connectivity index (χ4v) is 2.47. The van der Waals surface area contributed by atoms with Gasteiger partial charge in [-0.25, -0.2) is 13.8 Å². The molecule has 2 aromatic carbocycles. The highest BCUT2D eigenvalue weighted by molar-refractivity contribution is 5.89. The smallest absolute Gasteiger partial charge is 0.221 e. The van der Waals surface area contributed by atoms with E-state index in [2.05, 4.69) is 10.3 Å². The minimum atomic E-state index is -0.606. The van der Waals surface area contributed by atoms with Crippen LogP contribution in [0.25, 0.3) is 11.4 Å². The Bertz CT molecular complexity index is 889. The summed E-state index contributed by atoms with van der Waals surface area (Å²) >= 11 is 0. The van der Waals surface area contributed by atoms with Crippen molar-refractivity contribution in [2.45, 2.75) is 13.5 Å². The predicted molar refractivity (Wildman–Crippen MR) is 87.4 cm³/mol. The van der Waals surface area contributed by atoms with Gasteiger partial charge < -0.3 is 9.88 Å². The normalized spacial score (nSPS) is 10.6. The van der Waals surface area contributed by atoms with Gasteiger partial charge in [0, 0.05) is 42.2 Å². The zero-order chi connectivity index (χ0) is 17.1. The Labute approximate surface area is 137 Å². The minimum absolute atomic E-state index is 0.163. The molecule has 1 N–H and O–H groups in total. The number of anilines is 1. The van der Waals surface area contributed by atoms with Crippen LogP contribution in [0.2, 0.25) is 0 Å². The molecule has 3 rings (SSSR count). The van der Waals surface area contributed by atoms with E-state index in [-0.39, 0.29) is 12.5 Å². The highest BCUT2D eigenvalue weighted by atomic mass is 19.1. The zero-order valence-corrected chi connectivity index (χ0v) is 13.0. The van der Waals surface area contributed by atoms with E-state index in [0.717, 1.165) is 11.6 Å². The van der Waals surface area contributed by atoms with Gasteiger partial charge in [0.1, 0.15) is 17.5 Å². The van der Waals surface area contributed by atoms with Crippen molar-refractivity contribution in [2.24, 2.45) is 0 Å². The van der Waals surface area contributed by atoms with Crippen LogP contribution in [0.15, 0.2) is 54.9 Å². The maximum absolute atomic E-state index is 13.9. The Morgan fingerprint density at radius 3 is 2.79 bits per heavy atom. The van der Waals surface area contributed by atoms with Gasteiger partial charge in [0.25, 0.3) is 0 Å². The van der Waals surface area contributed by atoms with Crippen molar-refractivity contribution in [3.8, 4) is 11.4 Å². The summed E-state index contributed by atoms with van der Waals surface area (Å²) in [5.41, 5.74) is 1.81. The molecule has 0 fully saturated rings. The third-order valence-corrected chi connectivity index (χ3v) is 3.51. The van der Waals surface area contributed by atoms with Crippen molar-refractivity contribution in [2.75, 3.05) is 5.32 Å². The number of amides is 1. The topological polar surface area (TPSA) is 46.9 Å². The quantitative estimate of drug-likeness (QED) is 0.791. The number of nitrogens with one attached hydrogen (secondary N) is 1. The molecule has 0 aliphatic heterocycles. The van der Waals surface area contributed by atoms with Gasteiger partial charge in [0.15, 0.2) is 0 Å². The van der Waals surface area contributed by atoms with Crippen molar-refractivity contribution < 1.29 is 13.6 Å². The summed E-state index contributed by atoms with van der Waals surface area (Å²) in [6.45, 7) is 1.66. The first-order valence-corrected chi connectivity index (χ1v) is 7.36. The van der Waals surface area contributed by atoms with Gasteiger partial charge in [0.2, 0.25) is 5.91 Å². The van der Waals surface area contributed by atoms with E-state index in [1.807, 2.05) is 6.07 Å². The van der Waals surface area contributed by atoms with Crippen molar-refractivity contribution >= 4 is 11.6 Å². The first-order chi connectivity index (χ1) is 11.5. The minimum Gasteiger partial charge on any atom is -0.326 e. The lowest BCUT2D eigenvalue weighted by atomic mass is 10.1. The Balaban J connectivity index is 1.91. The molecule has 0 aliphatic carbocycles. The van der Waals surface area contributed by atoms with Gasteiger partial charge in [0.05, 0.1) is 6.54 Å². The van der Waals surface area contributed by atoms with E-state index in [9.17, 15) is 13.6 Å². The van der Waals surface area contributed by atoms with E-state index < -0.39 is 11.6 Å². The Morgan fingerprint density at radius 1 is 1.21 bits per heavy atom. The SMILES string of the molecule is CC(=O)Nc1cccc(-c2nccn2Cc2ccc(F)cc2F)c1. The number of benzene rings is 2. The van der Waals surface area contributed by atoms with Crippen LogP contribution in [-0.2, 0) is 11.3 Å². The average molecular weight is 327 g/mol. The molecule has 4 nitrogen and oxygen atoms in total. The molecule has 1 amide bonds. The molecule has 0 aliphatic rings. The second-order valence-electron chi connectivity index (χ2n) is 5.38. The molecule has 122 valence electrons. The summed E-state index contributed by atoms with van der Waals surface area (Å²) in [4.78, 5) is 15.5. The summed E-state index contributed by atoms with van der Waals surface area (Å²) in [6.07, 6.45) is 3.34. The monoisotopic (exact) mass is 327 g/mol. The average Bonchev–Trinajstić information content (AvgIpc) is 2.98. The van der Waals surface area contributed by atoms with Crippen LogP contribution in [0.4, 0.5) is 14.5 Å². The molecule has 0 spiro atoms. The molecule has 1 heterocycles. The standard InChI is InChI=1S/C18H15F2N3O/c1-12(24)22-16-4-2-3-13(9-16)18-21-7-8-23(18)11-14-5-6-15(19)10-17(14)20/h2-10H,11H2,1H3,(H,22,24). The van der Waals surface area contributed by atoms with Crippen LogP contribution in [0, 0.1) is 11.6 Å². The zero-order valence-electron chi connectivity index (χ0n) is 13.0. The first-order valence-electron chi connectivity index (χ1n) is 7.36. The lowest BCUT2D eigenvalue weighted by Gasteiger charge is -2.10. The summed E-state index contributed by atoms with van der Waals surface area (Å²) in [5, 5.41) is 2.71. The molecular formula is C18H15F2N3O. The molecule has 0 atom stereocenters. The van der Waals surface area contributed by atoms with Gasteiger partial charge in [-0.1, -0.05) is 18.2 Å². The molecule has 0 unspecified atom stereocenters. The van der Waals surface area contributed by atoms with Crippen LogP contribution in [0.1, 0.15) is 12.5 Å². The summed E-state index contributed by atoms with van der Waals surface area (Å²) in [7, 11) is 0. The Morgan fingerprint density at radius 2 is 2.04 bits per heavy atom. The fraction of sp³-hybridized carbons (Fsp3) is 0.111. The highest BCUT2D eigenvalue weighted by Crippen LogP contribution is 2.23. The number of imidazole rings is 1. The molecule has 0 saturated heterocycles. The first kappa shape index (κ1) is 15.9. The van der Waals surface area contributed by atoms with Gasteiger partial charge in [-0.2, -0.15) is 0 Å². The maximum atomic E-state index is 13.9. The van der Waals surface area contributed by atoms with Crippen LogP contribution in [0.3, 0.4) is 0 Å². The molecule has 0 bridgehead atoms. The lowest BCUT2D eigenvalue weighted by molar-refractivity contribution is -0.114. The van der Waals surface area contributed by atoms with Gasteiger partial charge >= 0.3 is 0 Å². The molecular weight excluding hydrogens is 312 g/mol. The number of halogens is 2. The van der Waals surface area contributed by atoms with Gasteiger partial charge in [-0.15, -0.1) is 0 Å². The molecule has 0 radical (unpaired) electrons. The van der Waals surface area contributed by atoms with Crippen LogP contribution in [0.5, 0.6) is 0 Å². The van der Waals surface area contributed by atoms with Gasteiger partial charge in [-0.05, 0) is 18.2 Å². The van der Waals surface area contributed by atoms with Crippen molar-refractivity contribution in [1.82, 2.24) is 9.55 Å². The van der Waals surface area contributed by atoms with Crippen LogP contribution in [-0.4, -0.2) is 15.5 Å². The number of rotatable bonds is 4. The third kappa shape index (κ3) is 3.48. The van der Waals surface area contributed by atoms with E-state index in [4.69, 9.17) is 0 Å². The summed E-state index contributed by atoms with van der Waals surface area (Å²) in [6, 6.07) is 10.7. The number of aromatic nitrogens is 2. The number of carbonyl (C=O) groups excluding carboxylic acids is 1. The number of nitrogens with zero attached hydrogens (tertiary/aromatic N) is 2. The largest absolute Gasteiger partial charge is 0.326 e. The van der Waals surface area contributed by atoms with Crippen LogP contribution >= 0.6 is 0 Å². The van der Waals surface area contributed by atoms with Crippen molar-refractivity contribution in [3.05, 3.63) is 72.1 Å². The number of carbonyl (C=O) groups is 1. The third-order valence-electron chi connectivity index (χ3n) is 3.51. The van der Waals surface area contributed by atoms with E-state index in [1.54, 1.807) is 35.2 Å². The second-order valence-corrected chi connectivity index (χ2v) is 5.38. The van der Waals surface area contributed by atoms with Crippen molar-refractivity contribution in [3.63, 3.8) is 0 Å². The predicted octanol–water partition coefficient (Wildman–Crippen LogP) is 3.84. The van der Waals surface area contributed by atoms with Crippen LogP contribution < -0.4 is 5.32 Å². The summed E-state index contributed by atoms with van der Waals surface area (Å²) < 4.78 is 28.7. The second kappa shape index (κ2) is 6.62. The Kier molecular flexibility index (Phi) is 4.37. The number of hydrogen-bond acceptors (Lipinski definition) is 2. The van der Waals surface area contributed by atoms with E-state index in [0.29, 0.717) is 17.1 Å². The molecule has 3 aromatic rings. The van der Waals surface area contributed by atoms with E-state index in [1.165, 1.54) is 19.1 Å². The molecule has 1 aromatic heterocycles. The molecule has 0 saturated carbocycles. The maximum Gasteiger partial charge on any atom is 0.221 e. The van der Waals surface area contributed by atoms with Gasteiger partial charge in [-0.3, -0.25) is 4.79 Å². The fourth-order valence-electron chi connectivity index (χ4n) is 2.47. The molecule has 6 heteroatoms. The highest BCUT2D eigenvalue weighted by Gasteiger charge is 2.10. The lowest BCUT2D eigenvalue weighted by Crippen LogP contribution is -2.06. The number of hydrogen-bond donors (Lipinski definition) is 1. The summed E-state index contributed by atoms with van der Waals surface area (Å²) in [5.74, 6) is -0.735. The van der Waals surface area contributed by atoms with Crippen molar-refractivity contribution in [1.29, 1.82) is 0 Å². The molecule has 24 heavy (non-hydrogen) atoms. The Hall–Kier alpha value is -3.02. The van der Waals surface area contributed by atoms with E-state index >= 15 is 0 Å².